The molecule has 0 saturated carbocycles. The van der Waals surface area contributed by atoms with Crippen molar-refractivity contribution in [3.8, 4) is 0 Å². The highest BCUT2D eigenvalue weighted by molar-refractivity contribution is 8.22. The van der Waals surface area contributed by atoms with Crippen LogP contribution in [0.1, 0.15) is 27.6 Å². The zero-order valence-electron chi connectivity index (χ0n) is 13.7. The first kappa shape index (κ1) is 18.4. The molecule has 1 aliphatic rings. The highest BCUT2D eigenvalue weighted by Gasteiger charge is 2.24. The number of ketones is 2. The van der Waals surface area contributed by atoms with Gasteiger partial charge >= 0.3 is 0 Å². The Kier molecular flexibility index (Phi) is 5.90. The summed E-state index contributed by atoms with van der Waals surface area (Å²) in [6, 6.07) is 15.5. The average molecular weight is 385 g/mol. The molecule has 0 radical (unpaired) electrons. The lowest BCUT2D eigenvalue weighted by Gasteiger charge is -2.21. The van der Waals surface area contributed by atoms with Crippen molar-refractivity contribution in [1.29, 1.82) is 0 Å². The molecule has 1 unspecified atom stereocenters. The summed E-state index contributed by atoms with van der Waals surface area (Å²) < 4.78 is 0.800. The first-order valence-electron chi connectivity index (χ1n) is 7.89. The Balaban J connectivity index is 1.65. The van der Waals surface area contributed by atoms with Crippen LogP contribution in [0.2, 0.25) is 0 Å². The molecule has 0 amide bonds. The summed E-state index contributed by atoms with van der Waals surface area (Å²) in [4.78, 5) is 34.7. The largest absolute Gasteiger partial charge is 0.295 e. The number of hydrogen-bond donors (Lipinski definition) is 0. The minimum atomic E-state index is -0.521. The van der Waals surface area contributed by atoms with Crippen LogP contribution in [0.3, 0.4) is 0 Å². The van der Waals surface area contributed by atoms with E-state index in [1.165, 1.54) is 30.0 Å². The molecule has 2 aromatic rings. The van der Waals surface area contributed by atoms with Crippen LogP contribution in [0.4, 0.5) is 5.69 Å². The van der Waals surface area contributed by atoms with Gasteiger partial charge in [-0.1, -0.05) is 42.5 Å². The van der Waals surface area contributed by atoms with Gasteiger partial charge in [0.15, 0.2) is 11.6 Å². The monoisotopic (exact) mass is 385 g/mol. The van der Waals surface area contributed by atoms with Crippen LogP contribution in [0.15, 0.2) is 64.9 Å². The summed E-state index contributed by atoms with van der Waals surface area (Å²) >= 11 is 2.88. The molecule has 0 aromatic heterocycles. The van der Waals surface area contributed by atoms with Gasteiger partial charge in [-0.2, -0.15) is 0 Å². The quantitative estimate of drug-likeness (QED) is 0.404. The van der Waals surface area contributed by atoms with Gasteiger partial charge in [0.05, 0.1) is 10.7 Å². The van der Waals surface area contributed by atoms with Crippen molar-refractivity contribution in [1.82, 2.24) is 0 Å². The van der Waals surface area contributed by atoms with Crippen molar-refractivity contribution >= 4 is 40.8 Å². The Morgan fingerprint density at radius 2 is 1.96 bits per heavy atom. The van der Waals surface area contributed by atoms with Crippen LogP contribution >= 0.6 is 23.5 Å². The van der Waals surface area contributed by atoms with E-state index in [1.54, 1.807) is 23.9 Å². The Morgan fingerprint density at radius 1 is 1.19 bits per heavy atom. The number of rotatable bonds is 6. The standard InChI is InChI=1S/C19H15NO4S2/c21-16-10-18(13-5-2-1-3-6-13)26-19(11-16)25-12-17(22)14-7-4-8-15(9-14)20(23)24/h1-9,11,18H,10,12H2. The van der Waals surface area contributed by atoms with Crippen LogP contribution in [0.25, 0.3) is 0 Å². The summed E-state index contributed by atoms with van der Waals surface area (Å²) in [6.07, 6.45) is 2.02. The smallest absolute Gasteiger partial charge is 0.270 e. The number of carbonyl (C=O) groups excluding carboxylic acids is 2. The molecule has 0 spiro atoms. The highest BCUT2D eigenvalue weighted by atomic mass is 32.2. The number of non-ortho nitro benzene ring substituents is 1. The van der Waals surface area contributed by atoms with E-state index in [1.807, 2.05) is 30.3 Å². The van der Waals surface area contributed by atoms with Crippen molar-refractivity contribution in [3.05, 3.63) is 86.2 Å². The van der Waals surface area contributed by atoms with Crippen molar-refractivity contribution < 1.29 is 14.5 Å². The molecule has 132 valence electrons. The molecule has 7 heteroatoms. The maximum absolute atomic E-state index is 12.3. The summed E-state index contributed by atoms with van der Waals surface area (Å²) in [7, 11) is 0. The van der Waals surface area contributed by atoms with E-state index in [0.717, 1.165) is 9.80 Å². The normalized spacial score (nSPS) is 16.8. The maximum atomic E-state index is 12.3. The number of allylic oxidation sites excluding steroid dienone is 1. The second kappa shape index (κ2) is 8.33. The molecule has 2 aromatic carbocycles. The molecule has 0 saturated heterocycles. The zero-order valence-corrected chi connectivity index (χ0v) is 15.3. The van der Waals surface area contributed by atoms with E-state index in [2.05, 4.69) is 0 Å². The topological polar surface area (TPSA) is 77.3 Å². The molecular formula is C19H15NO4S2. The number of nitro benzene ring substituents is 1. The Morgan fingerprint density at radius 3 is 2.69 bits per heavy atom. The summed E-state index contributed by atoms with van der Waals surface area (Å²) in [6.45, 7) is 0. The Bertz CT molecular complexity index is 880. The molecule has 0 aliphatic carbocycles. The van der Waals surface area contributed by atoms with E-state index in [-0.39, 0.29) is 28.3 Å². The van der Waals surface area contributed by atoms with Crippen molar-refractivity contribution in [3.63, 3.8) is 0 Å². The summed E-state index contributed by atoms with van der Waals surface area (Å²) in [5.74, 6) is -0.0215. The van der Waals surface area contributed by atoms with Gasteiger partial charge in [0.25, 0.3) is 5.69 Å². The van der Waals surface area contributed by atoms with Gasteiger partial charge in [-0.25, -0.2) is 0 Å². The van der Waals surface area contributed by atoms with E-state index in [4.69, 9.17) is 0 Å². The van der Waals surface area contributed by atoms with Gasteiger partial charge in [-0.05, 0) is 5.56 Å². The van der Waals surface area contributed by atoms with E-state index < -0.39 is 4.92 Å². The first-order chi connectivity index (χ1) is 12.5. The number of benzene rings is 2. The highest BCUT2D eigenvalue weighted by Crippen LogP contribution is 2.45. The Hall–Kier alpha value is -2.38. The van der Waals surface area contributed by atoms with Gasteiger partial charge in [0.1, 0.15) is 0 Å². The minimum absolute atomic E-state index is 0.0444. The predicted molar refractivity (Wildman–Crippen MR) is 104 cm³/mol. The lowest BCUT2D eigenvalue weighted by atomic mass is 10.1. The number of hydrogen-bond acceptors (Lipinski definition) is 6. The molecule has 1 aliphatic heterocycles. The molecule has 0 bridgehead atoms. The van der Waals surface area contributed by atoms with Crippen LogP contribution in [-0.2, 0) is 4.79 Å². The molecular weight excluding hydrogens is 370 g/mol. The molecule has 1 heterocycles. The van der Waals surface area contributed by atoms with Crippen molar-refractivity contribution in [2.24, 2.45) is 0 Å². The Labute approximate surface area is 159 Å². The van der Waals surface area contributed by atoms with Crippen LogP contribution in [0, 0.1) is 10.1 Å². The lowest BCUT2D eigenvalue weighted by molar-refractivity contribution is -0.384. The third-order valence-corrected chi connectivity index (χ3v) is 6.34. The lowest BCUT2D eigenvalue weighted by Crippen LogP contribution is -2.09. The fraction of sp³-hybridized carbons (Fsp3) is 0.158. The first-order valence-corrected chi connectivity index (χ1v) is 9.76. The number of nitro groups is 1. The van der Waals surface area contributed by atoms with E-state index in [9.17, 15) is 19.7 Å². The number of nitrogens with zero attached hydrogens (tertiary/aromatic N) is 1. The van der Waals surface area contributed by atoms with Crippen molar-refractivity contribution in [2.45, 2.75) is 11.7 Å². The SMILES string of the molecule is O=C1C=C(SCC(=O)c2cccc([N+](=O)[O-])c2)SC(c2ccccc2)C1. The van der Waals surface area contributed by atoms with Crippen LogP contribution in [-0.4, -0.2) is 22.2 Å². The second-order valence-corrected chi connectivity index (χ2v) is 8.19. The van der Waals surface area contributed by atoms with Crippen LogP contribution in [0.5, 0.6) is 0 Å². The third kappa shape index (κ3) is 4.62. The predicted octanol–water partition coefficient (Wildman–Crippen LogP) is 4.80. The van der Waals surface area contributed by atoms with Crippen molar-refractivity contribution in [2.75, 3.05) is 5.75 Å². The van der Waals surface area contributed by atoms with Gasteiger partial charge in [-0.15, -0.1) is 23.5 Å². The number of Topliss-reactive ketones (excluding diaryl/α,β-unsaturated/α-hetero) is 1. The molecule has 0 fully saturated rings. The summed E-state index contributed by atoms with van der Waals surface area (Å²) in [5.41, 5.74) is 1.28. The molecule has 1 atom stereocenters. The maximum Gasteiger partial charge on any atom is 0.270 e. The number of thioether (sulfide) groups is 2. The third-order valence-electron chi connectivity index (χ3n) is 3.82. The van der Waals surface area contributed by atoms with Gasteiger partial charge in [0.2, 0.25) is 0 Å². The second-order valence-electron chi connectivity index (χ2n) is 5.67. The van der Waals surface area contributed by atoms with E-state index in [0.29, 0.717) is 12.0 Å². The summed E-state index contributed by atoms with van der Waals surface area (Å²) in [5, 5.41) is 10.9. The molecule has 3 rings (SSSR count). The van der Waals surface area contributed by atoms with Crippen LogP contribution < -0.4 is 0 Å². The molecule has 26 heavy (non-hydrogen) atoms. The van der Waals surface area contributed by atoms with Gasteiger partial charge in [0, 0.05) is 39.7 Å². The van der Waals surface area contributed by atoms with E-state index >= 15 is 0 Å². The zero-order chi connectivity index (χ0) is 18.5. The van der Waals surface area contributed by atoms with Gasteiger partial charge < -0.3 is 0 Å². The molecule has 5 nitrogen and oxygen atoms in total. The minimum Gasteiger partial charge on any atom is -0.295 e. The fourth-order valence-electron chi connectivity index (χ4n) is 2.53. The molecule has 0 N–H and O–H groups in total. The average Bonchev–Trinajstić information content (AvgIpc) is 2.66. The number of carbonyl (C=O) groups is 2. The fourth-order valence-corrected chi connectivity index (χ4v) is 5.00. The van der Waals surface area contributed by atoms with Gasteiger partial charge in [-0.3, -0.25) is 19.7 Å².